The molecule has 21 heavy (non-hydrogen) atoms. The van der Waals surface area contributed by atoms with Gasteiger partial charge in [-0.1, -0.05) is 18.3 Å². The predicted octanol–water partition coefficient (Wildman–Crippen LogP) is 2.29. The van der Waals surface area contributed by atoms with Crippen LogP contribution < -0.4 is 10.3 Å². The fourth-order valence-electron chi connectivity index (χ4n) is 1.88. The van der Waals surface area contributed by atoms with Crippen molar-refractivity contribution in [3.05, 3.63) is 33.7 Å². The minimum atomic E-state index is 0. The van der Waals surface area contributed by atoms with Crippen molar-refractivity contribution in [3.8, 4) is 0 Å². The second-order valence-corrected chi connectivity index (χ2v) is 5.32. The lowest BCUT2D eigenvalue weighted by Gasteiger charge is -2.03. The molecule has 2 rings (SSSR count). The van der Waals surface area contributed by atoms with Crippen LogP contribution >= 0.6 is 45.3 Å². The van der Waals surface area contributed by atoms with Crippen molar-refractivity contribution in [3.63, 3.8) is 0 Å². The molecule has 0 saturated carbocycles. The van der Waals surface area contributed by atoms with Crippen molar-refractivity contribution in [2.45, 2.75) is 33.2 Å². The Kier molecular flexibility index (Phi) is 9.19. The second-order valence-electron chi connectivity index (χ2n) is 4.38. The summed E-state index contributed by atoms with van der Waals surface area (Å²) in [5.41, 5.74) is 10.1. The summed E-state index contributed by atoms with van der Waals surface area (Å²) in [5, 5.41) is 9.00. The van der Waals surface area contributed by atoms with Gasteiger partial charge in [-0.05, 0) is 0 Å². The maximum absolute atomic E-state index is 9.00. The van der Waals surface area contributed by atoms with Gasteiger partial charge in [-0.3, -0.25) is 0 Å². The largest absolute Gasteiger partial charge is 0.396 e. The summed E-state index contributed by atoms with van der Waals surface area (Å²) >= 11 is 1.65. The Balaban J connectivity index is 0.00000200. The smallest absolute Gasteiger partial charge is 0.225 e. The van der Waals surface area contributed by atoms with Gasteiger partial charge in [0.25, 0.3) is 0 Å². The van der Waals surface area contributed by atoms with Crippen molar-refractivity contribution in [2.75, 3.05) is 12.3 Å². The molecule has 8 heteroatoms. The lowest BCUT2D eigenvalue weighted by molar-refractivity contribution is -0.689. The Bertz CT molecular complexity index is 577. The molecule has 0 atom stereocenters. The first-order chi connectivity index (χ1) is 9.15. The lowest BCUT2D eigenvalue weighted by Crippen LogP contribution is -2.35. The summed E-state index contributed by atoms with van der Waals surface area (Å²) in [6.45, 7) is 4.91. The summed E-state index contributed by atoms with van der Waals surface area (Å²) in [4.78, 5) is 9.76. The molecule has 0 bridgehead atoms. The molecule has 0 aliphatic rings. The van der Waals surface area contributed by atoms with Crippen molar-refractivity contribution in [2.24, 2.45) is 0 Å². The highest BCUT2D eigenvalue weighted by atomic mass is 79.9. The molecule has 0 fully saturated rings. The van der Waals surface area contributed by atoms with Gasteiger partial charge in [0.05, 0.1) is 10.4 Å². The number of aliphatic hydroxyl groups excluding tert-OH is 1. The van der Waals surface area contributed by atoms with Crippen molar-refractivity contribution in [1.82, 2.24) is 9.97 Å². The van der Waals surface area contributed by atoms with E-state index < -0.39 is 0 Å². The van der Waals surface area contributed by atoms with E-state index in [0.717, 1.165) is 23.5 Å². The topological polar surface area (TPSA) is 75.9 Å². The Labute approximate surface area is 149 Å². The van der Waals surface area contributed by atoms with Crippen LogP contribution in [0.2, 0.25) is 0 Å². The molecule has 5 nitrogen and oxygen atoms in total. The number of nitrogen functional groups attached to an aromatic ring is 1. The Morgan fingerprint density at radius 1 is 1.43 bits per heavy atom. The van der Waals surface area contributed by atoms with Crippen LogP contribution in [-0.4, -0.2) is 21.7 Å². The monoisotopic (exact) mass is 438 g/mol. The van der Waals surface area contributed by atoms with Crippen LogP contribution in [0.1, 0.15) is 28.9 Å². The molecule has 2 aromatic heterocycles. The minimum Gasteiger partial charge on any atom is -0.396 e. The predicted molar refractivity (Wildman–Crippen MR) is 94.2 cm³/mol. The Hall–Kier alpha value is -0.570. The molecule has 1 radical (unpaired) electrons. The third kappa shape index (κ3) is 4.98. The highest BCUT2D eigenvalue weighted by Gasteiger charge is 2.17. The van der Waals surface area contributed by atoms with E-state index in [0.29, 0.717) is 18.8 Å². The number of nitrogens with two attached hydrogens (primary N) is 1. The molecule has 117 valence electrons. The van der Waals surface area contributed by atoms with E-state index in [1.165, 1.54) is 4.88 Å². The van der Waals surface area contributed by atoms with Crippen molar-refractivity contribution < 1.29 is 9.67 Å². The van der Waals surface area contributed by atoms with Crippen molar-refractivity contribution in [1.29, 1.82) is 0 Å². The number of anilines is 1. The van der Waals surface area contributed by atoms with Gasteiger partial charge in [-0.2, -0.15) is 4.57 Å². The van der Waals surface area contributed by atoms with E-state index in [-0.39, 0.29) is 40.6 Å². The number of rotatable bonds is 5. The summed E-state index contributed by atoms with van der Waals surface area (Å²) in [7, 11) is 0. The fraction of sp³-hybridized carbons (Fsp3) is 0.462. The van der Waals surface area contributed by atoms with Crippen LogP contribution in [-0.2, 0) is 19.4 Å². The number of halogens is 2. The number of thiazole rings is 1. The molecule has 3 N–H and O–H groups in total. The number of aliphatic hydroxyl groups is 1. The fourth-order valence-corrected chi connectivity index (χ4v) is 2.87. The van der Waals surface area contributed by atoms with Gasteiger partial charge >= 0.3 is 0 Å². The molecule has 2 aromatic rings. The SMILES string of the molecule is Br.CCc1ncc(C[n+]2csc(CCO)c2C)c(N)n1.[Br]. The summed E-state index contributed by atoms with van der Waals surface area (Å²) in [6, 6.07) is 0. The van der Waals surface area contributed by atoms with Gasteiger partial charge < -0.3 is 10.8 Å². The minimum absolute atomic E-state index is 0. The van der Waals surface area contributed by atoms with Gasteiger partial charge in [-0.25, -0.2) is 9.97 Å². The third-order valence-corrected chi connectivity index (χ3v) is 4.24. The van der Waals surface area contributed by atoms with Crippen LogP contribution in [0.25, 0.3) is 0 Å². The van der Waals surface area contributed by atoms with Gasteiger partial charge in [0.2, 0.25) is 5.51 Å². The zero-order valence-corrected chi connectivity index (χ0v) is 16.2. The quantitative estimate of drug-likeness (QED) is 0.700. The molecular weight excluding hydrogens is 420 g/mol. The Morgan fingerprint density at radius 3 is 2.71 bits per heavy atom. The summed E-state index contributed by atoms with van der Waals surface area (Å²) < 4.78 is 2.12. The first kappa shape index (κ1) is 20.4. The molecule has 0 saturated heterocycles. The summed E-state index contributed by atoms with van der Waals surface area (Å²) in [6.07, 6.45) is 3.29. The third-order valence-electron chi connectivity index (χ3n) is 3.10. The van der Waals surface area contributed by atoms with Crippen LogP contribution in [0, 0.1) is 6.92 Å². The molecule has 0 amide bonds. The molecule has 0 aromatic carbocycles. The maximum atomic E-state index is 9.00. The highest BCUT2D eigenvalue weighted by Crippen LogP contribution is 2.13. The van der Waals surface area contributed by atoms with E-state index >= 15 is 0 Å². The van der Waals surface area contributed by atoms with Crippen molar-refractivity contribution >= 4 is 51.1 Å². The average Bonchev–Trinajstić information content (AvgIpc) is 2.74. The van der Waals surface area contributed by atoms with E-state index in [4.69, 9.17) is 10.8 Å². The summed E-state index contributed by atoms with van der Waals surface area (Å²) in [5.74, 6) is 1.32. The van der Waals surface area contributed by atoms with Crippen LogP contribution in [0.15, 0.2) is 11.7 Å². The van der Waals surface area contributed by atoms with Gasteiger partial charge in [-0.15, -0.1) is 17.0 Å². The average molecular weight is 440 g/mol. The maximum Gasteiger partial charge on any atom is 0.225 e. The van der Waals surface area contributed by atoms with E-state index in [2.05, 4.69) is 21.5 Å². The normalized spacial score (nSPS) is 9.86. The lowest BCUT2D eigenvalue weighted by atomic mass is 10.2. The van der Waals surface area contributed by atoms with Gasteiger partial charge in [0, 0.05) is 49.6 Å². The van der Waals surface area contributed by atoms with Crippen LogP contribution in [0.4, 0.5) is 5.82 Å². The standard InChI is InChI=1S/C13H19N4OS.BrH.Br/c1-3-12-15-6-10(13(14)16-12)7-17-8-19-11(4-5-18)9(17)2;;/h6,8,18H,3-5,7H2,1-2H3,(H2,14,15,16);1H;/q+1;;. The molecular formula is C13H20Br2N4OS+. The zero-order valence-electron chi connectivity index (χ0n) is 12.0. The highest BCUT2D eigenvalue weighted by molar-refractivity contribution is 8.93. The first-order valence-electron chi connectivity index (χ1n) is 6.33. The van der Waals surface area contributed by atoms with E-state index in [9.17, 15) is 0 Å². The first-order valence-corrected chi connectivity index (χ1v) is 7.21. The van der Waals surface area contributed by atoms with Gasteiger partial charge in [0.1, 0.15) is 11.6 Å². The van der Waals surface area contributed by atoms with Crippen LogP contribution in [0.3, 0.4) is 0 Å². The number of nitrogens with zero attached hydrogens (tertiary/aromatic N) is 3. The number of hydrogen-bond acceptors (Lipinski definition) is 5. The zero-order chi connectivity index (χ0) is 13.8. The Morgan fingerprint density at radius 2 is 2.14 bits per heavy atom. The second kappa shape index (κ2) is 9.45. The number of aromatic nitrogens is 3. The molecule has 0 aliphatic carbocycles. The molecule has 0 unspecified atom stereocenters. The van der Waals surface area contributed by atoms with Gasteiger partial charge in [0.15, 0.2) is 12.2 Å². The number of aryl methyl sites for hydroxylation is 1. The van der Waals surface area contributed by atoms with E-state index in [1.807, 2.05) is 12.4 Å². The van der Waals surface area contributed by atoms with Crippen LogP contribution in [0.5, 0.6) is 0 Å². The molecule has 0 aliphatic heterocycles. The molecule has 2 heterocycles. The molecule has 0 spiro atoms. The van der Waals surface area contributed by atoms with E-state index in [1.54, 1.807) is 17.5 Å². The number of hydrogen-bond donors (Lipinski definition) is 2.